The van der Waals surface area contributed by atoms with Crippen LogP contribution in [0.5, 0.6) is 0 Å². The Hall–Kier alpha value is -2.59. The minimum atomic E-state index is -0.547. The molecule has 2 aromatic rings. The number of carbonyl (C=O) groups excluding carboxylic acids is 2. The molecule has 0 aliphatic heterocycles. The number of esters is 1. The molecule has 25 heavy (non-hydrogen) atoms. The fourth-order valence-electron chi connectivity index (χ4n) is 2.18. The van der Waals surface area contributed by atoms with Crippen LogP contribution >= 0.6 is 11.6 Å². The van der Waals surface area contributed by atoms with Gasteiger partial charge in [-0.2, -0.15) is 0 Å². The predicted octanol–water partition coefficient (Wildman–Crippen LogP) is 3.86. The summed E-state index contributed by atoms with van der Waals surface area (Å²) in [6, 6.07) is 15.0. The van der Waals surface area contributed by atoms with Gasteiger partial charge in [0, 0.05) is 24.7 Å². The van der Waals surface area contributed by atoms with Crippen molar-refractivity contribution in [1.29, 1.82) is 0 Å². The lowest BCUT2D eigenvalue weighted by Gasteiger charge is -2.17. The van der Waals surface area contributed by atoms with Gasteiger partial charge in [-0.15, -0.1) is 0 Å². The smallest absolute Gasteiger partial charge is 0.331 e. The van der Waals surface area contributed by atoms with E-state index in [0.29, 0.717) is 11.6 Å². The average molecular weight is 358 g/mol. The quantitative estimate of drug-likeness (QED) is 0.582. The van der Waals surface area contributed by atoms with Crippen LogP contribution in [0.4, 0.5) is 0 Å². The number of hydrogen-bond donors (Lipinski definition) is 0. The lowest BCUT2D eigenvalue weighted by atomic mass is 10.1. The summed E-state index contributed by atoms with van der Waals surface area (Å²) in [6.07, 6.45) is 2.98. The van der Waals surface area contributed by atoms with Crippen molar-refractivity contribution in [1.82, 2.24) is 4.90 Å². The van der Waals surface area contributed by atoms with Crippen LogP contribution < -0.4 is 0 Å². The summed E-state index contributed by atoms with van der Waals surface area (Å²) < 4.78 is 5.00. The number of benzene rings is 2. The van der Waals surface area contributed by atoms with Gasteiger partial charge in [-0.05, 0) is 36.3 Å². The van der Waals surface area contributed by atoms with E-state index in [2.05, 4.69) is 0 Å². The maximum atomic E-state index is 12.0. The Bertz CT molecular complexity index is 769. The Morgan fingerprint density at radius 2 is 1.88 bits per heavy atom. The standard InChI is InChI=1S/C20H20ClNO3/c1-15-4-3-5-16(12-15)8-11-20(24)25-14-19(23)22(2)13-17-6-9-18(21)10-7-17/h3-12H,13-14H2,1-2H3/b11-8+. The predicted molar refractivity (Wildman–Crippen MR) is 99.1 cm³/mol. The van der Waals surface area contributed by atoms with E-state index >= 15 is 0 Å². The first-order chi connectivity index (χ1) is 11.9. The van der Waals surface area contributed by atoms with Crippen molar-refractivity contribution in [2.45, 2.75) is 13.5 Å². The first kappa shape index (κ1) is 18.7. The van der Waals surface area contributed by atoms with Gasteiger partial charge in [0.1, 0.15) is 0 Å². The third-order valence-electron chi connectivity index (χ3n) is 3.55. The number of carbonyl (C=O) groups is 2. The maximum absolute atomic E-state index is 12.0. The van der Waals surface area contributed by atoms with Crippen LogP contribution in [0.15, 0.2) is 54.6 Å². The van der Waals surface area contributed by atoms with Gasteiger partial charge in [-0.3, -0.25) is 4.79 Å². The molecule has 2 rings (SSSR count). The summed E-state index contributed by atoms with van der Waals surface area (Å²) in [6.45, 7) is 2.11. The van der Waals surface area contributed by atoms with Crippen molar-refractivity contribution < 1.29 is 14.3 Å². The molecular formula is C20H20ClNO3. The molecular weight excluding hydrogens is 338 g/mol. The summed E-state index contributed by atoms with van der Waals surface area (Å²) in [4.78, 5) is 25.3. The summed E-state index contributed by atoms with van der Waals surface area (Å²) in [7, 11) is 1.66. The lowest BCUT2D eigenvalue weighted by Crippen LogP contribution is -2.30. The zero-order chi connectivity index (χ0) is 18.2. The zero-order valence-electron chi connectivity index (χ0n) is 14.2. The molecule has 130 valence electrons. The third-order valence-corrected chi connectivity index (χ3v) is 3.80. The van der Waals surface area contributed by atoms with E-state index in [0.717, 1.165) is 16.7 Å². The molecule has 0 aliphatic carbocycles. The van der Waals surface area contributed by atoms with Crippen molar-refractivity contribution in [2.24, 2.45) is 0 Å². The Morgan fingerprint density at radius 1 is 1.16 bits per heavy atom. The van der Waals surface area contributed by atoms with Crippen molar-refractivity contribution in [2.75, 3.05) is 13.7 Å². The van der Waals surface area contributed by atoms with Crippen LogP contribution in [0, 0.1) is 6.92 Å². The van der Waals surface area contributed by atoms with Gasteiger partial charge in [0.05, 0.1) is 0 Å². The molecule has 2 aromatic carbocycles. The molecule has 0 radical (unpaired) electrons. The summed E-state index contributed by atoms with van der Waals surface area (Å²) >= 11 is 5.83. The molecule has 0 aromatic heterocycles. The van der Waals surface area contributed by atoms with E-state index in [-0.39, 0.29) is 12.5 Å². The fraction of sp³-hybridized carbons (Fsp3) is 0.200. The number of ether oxygens (including phenoxy) is 1. The zero-order valence-corrected chi connectivity index (χ0v) is 15.0. The Labute approximate surface area is 152 Å². The lowest BCUT2D eigenvalue weighted by molar-refractivity contribution is -0.147. The molecule has 5 heteroatoms. The van der Waals surface area contributed by atoms with E-state index in [4.69, 9.17) is 16.3 Å². The Morgan fingerprint density at radius 3 is 2.56 bits per heavy atom. The highest BCUT2D eigenvalue weighted by Gasteiger charge is 2.11. The third kappa shape index (κ3) is 6.43. The molecule has 0 atom stereocenters. The molecule has 0 unspecified atom stereocenters. The Balaban J connectivity index is 1.80. The highest BCUT2D eigenvalue weighted by Crippen LogP contribution is 2.11. The summed E-state index contributed by atoms with van der Waals surface area (Å²) in [5.74, 6) is -0.818. The number of nitrogens with zero attached hydrogens (tertiary/aromatic N) is 1. The summed E-state index contributed by atoms with van der Waals surface area (Å²) in [5.41, 5.74) is 2.96. The van der Waals surface area contributed by atoms with Gasteiger partial charge < -0.3 is 9.64 Å². The Kier molecular flexibility index (Phi) is 6.78. The molecule has 1 amide bonds. The first-order valence-corrected chi connectivity index (χ1v) is 8.22. The van der Waals surface area contributed by atoms with Crippen LogP contribution in [0.3, 0.4) is 0 Å². The first-order valence-electron chi connectivity index (χ1n) is 7.84. The van der Waals surface area contributed by atoms with Crippen LogP contribution in [0.2, 0.25) is 5.02 Å². The normalized spacial score (nSPS) is 10.7. The van der Waals surface area contributed by atoms with Gasteiger partial charge in [0.25, 0.3) is 5.91 Å². The topological polar surface area (TPSA) is 46.6 Å². The van der Waals surface area contributed by atoms with E-state index in [1.807, 2.05) is 43.3 Å². The van der Waals surface area contributed by atoms with Crippen molar-refractivity contribution in [3.8, 4) is 0 Å². The van der Waals surface area contributed by atoms with Crippen molar-refractivity contribution in [3.63, 3.8) is 0 Å². The second-order valence-electron chi connectivity index (χ2n) is 5.73. The van der Waals surface area contributed by atoms with Crippen LogP contribution in [0.1, 0.15) is 16.7 Å². The molecule has 0 saturated carbocycles. The molecule has 0 N–H and O–H groups in total. The monoisotopic (exact) mass is 357 g/mol. The van der Waals surface area contributed by atoms with Gasteiger partial charge in [0.15, 0.2) is 6.61 Å². The number of halogens is 1. The van der Waals surface area contributed by atoms with Crippen LogP contribution in [-0.4, -0.2) is 30.4 Å². The minimum absolute atomic E-state index is 0.271. The second kappa shape index (κ2) is 9.04. The summed E-state index contributed by atoms with van der Waals surface area (Å²) in [5, 5.41) is 0.645. The average Bonchev–Trinajstić information content (AvgIpc) is 2.60. The molecule has 0 saturated heterocycles. The second-order valence-corrected chi connectivity index (χ2v) is 6.17. The van der Waals surface area contributed by atoms with Crippen molar-refractivity contribution >= 4 is 29.6 Å². The minimum Gasteiger partial charge on any atom is -0.452 e. The van der Waals surface area contributed by atoms with Gasteiger partial charge >= 0.3 is 5.97 Å². The highest BCUT2D eigenvalue weighted by atomic mass is 35.5. The van der Waals surface area contributed by atoms with E-state index in [1.165, 1.54) is 11.0 Å². The molecule has 4 nitrogen and oxygen atoms in total. The number of aryl methyl sites for hydroxylation is 1. The van der Waals surface area contributed by atoms with E-state index in [1.54, 1.807) is 25.3 Å². The number of rotatable bonds is 6. The maximum Gasteiger partial charge on any atom is 0.331 e. The van der Waals surface area contributed by atoms with Crippen LogP contribution in [-0.2, 0) is 20.9 Å². The molecule has 0 aliphatic rings. The highest BCUT2D eigenvalue weighted by molar-refractivity contribution is 6.30. The number of hydrogen-bond acceptors (Lipinski definition) is 3. The molecule has 0 bridgehead atoms. The van der Waals surface area contributed by atoms with Gasteiger partial charge in [0.2, 0.25) is 0 Å². The van der Waals surface area contributed by atoms with E-state index < -0.39 is 5.97 Å². The number of amides is 1. The SMILES string of the molecule is Cc1cccc(/C=C/C(=O)OCC(=O)N(C)Cc2ccc(Cl)cc2)c1. The van der Waals surface area contributed by atoms with Crippen molar-refractivity contribution in [3.05, 3.63) is 76.3 Å². The van der Waals surface area contributed by atoms with Crippen LogP contribution in [0.25, 0.3) is 6.08 Å². The fourth-order valence-corrected chi connectivity index (χ4v) is 2.31. The number of likely N-dealkylation sites (N-methyl/N-ethyl adjacent to an activating group) is 1. The largest absolute Gasteiger partial charge is 0.452 e. The van der Waals surface area contributed by atoms with Gasteiger partial charge in [-0.25, -0.2) is 4.79 Å². The molecule has 0 heterocycles. The molecule has 0 spiro atoms. The van der Waals surface area contributed by atoms with E-state index in [9.17, 15) is 9.59 Å². The molecule has 0 fully saturated rings. The van der Waals surface area contributed by atoms with Gasteiger partial charge in [-0.1, -0.05) is 53.6 Å².